The van der Waals surface area contributed by atoms with Gasteiger partial charge in [-0.3, -0.25) is 9.69 Å². The molecule has 1 aromatic carbocycles. The summed E-state index contributed by atoms with van der Waals surface area (Å²) in [6.07, 6.45) is 8.29. The number of benzene rings is 1. The quantitative estimate of drug-likeness (QED) is 0.654. The highest BCUT2D eigenvalue weighted by atomic mass is 35.5. The van der Waals surface area contributed by atoms with Crippen LogP contribution in [0.25, 0.3) is 0 Å². The molecule has 2 fully saturated rings. The molecule has 2 heterocycles. The van der Waals surface area contributed by atoms with Crippen molar-refractivity contribution in [3.05, 3.63) is 34.9 Å². The largest absolute Gasteiger partial charge is 0.356 e. The second kappa shape index (κ2) is 11.2. The fourth-order valence-corrected chi connectivity index (χ4v) is 4.78. The van der Waals surface area contributed by atoms with E-state index in [4.69, 9.17) is 11.6 Å². The normalized spacial score (nSPS) is 22.3. The van der Waals surface area contributed by atoms with E-state index in [1.807, 2.05) is 12.1 Å². The molecular weight excluding hydrogens is 370 g/mol. The van der Waals surface area contributed by atoms with Crippen molar-refractivity contribution in [2.24, 2.45) is 5.92 Å². The van der Waals surface area contributed by atoms with E-state index in [0.29, 0.717) is 0 Å². The molecule has 2 aliphatic heterocycles. The summed E-state index contributed by atoms with van der Waals surface area (Å²) in [7, 11) is 0. The monoisotopic (exact) mass is 405 g/mol. The lowest BCUT2D eigenvalue weighted by Gasteiger charge is -2.35. The maximum atomic E-state index is 12.5. The van der Waals surface area contributed by atoms with E-state index in [0.717, 1.165) is 63.1 Å². The molecule has 4 nitrogen and oxygen atoms in total. The van der Waals surface area contributed by atoms with Gasteiger partial charge in [0.05, 0.1) is 0 Å². The van der Waals surface area contributed by atoms with Crippen LogP contribution in [0.4, 0.5) is 0 Å². The Labute approximate surface area is 175 Å². The zero-order chi connectivity index (χ0) is 19.8. The molecule has 28 heavy (non-hydrogen) atoms. The zero-order valence-electron chi connectivity index (χ0n) is 17.3. The Morgan fingerprint density at radius 1 is 1.11 bits per heavy atom. The van der Waals surface area contributed by atoms with Gasteiger partial charge in [-0.25, -0.2) is 0 Å². The van der Waals surface area contributed by atoms with Gasteiger partial charge in [0, 0.05) is 36.6 Å². The molecule has 0 spiro atoms. The number of hydrogen-bond donors (Lipinski definition) is 1. The zero-order valence-corrected chi connectivity index (χ0v) is 18.1. The van der Waals surface area contributed by atoms with Crippen molar-refractivity contribution in [2.75, 3.05) is 32.7 Å². The van der Waals surface area contributed by atoms with Crippen molar-refractivity contribution in [3.63, 3.8) is 0 Å². The van der Waals surface area contributed by atoms with Crippen LogP contribution in [0.3, 0.4) is 0 Å². The van der Waals surface area contributed by atoms with Crippen molar-refractivity contribution in [1.29, 1.82) is 0 Å². The summed E-state index contributed by atoms with van der Waals surface area (Å²) in [5.74, 6) is 0.441. The van der Waals surface area contributed by atoms with E-state index >= 15 is 0 Å². The second-order valence-corrected chi connectivity index (χ2v) is 8.85. The average Bonchev–Trinajstić information content (AvgIpc) is 2.73. The summed E-state index contributed by atoms with van der Waals surface area (Å²) in [5.41, 5.74) is 1.29. The summed E-state index contributed by atoms with van der Waals surface area (Å²) in [5, 5.41) is 3.98. The first-order valence-corrected chi connectivity index (χ1v) is 11.5. The smallest absolute Gasteiger partial charge is 0.223 e. The van der Waals surface area contributed by atoms with E-state index in [1.165, 1.54) is 37.8 Å². The van der Waals surface area contributed by atoms with Gasteiger partial charge >= 0.3 is 0 Å². The minimum Gasteiger partial charge on any atom is -0.356 e. The predicted octanol–water partition coefficient (Wildman–Crippen LogP) is 4.32. The highest BCUT2D eigenvalue weighted by molar-refractivity contribution is 6.30. The predicted molar refractivity (Wildman–Crippen MR) is 117 cm³/mol. The summed E-state index contributed by atoms with van der Waals surface area (Å²) >= 11 is 5.96. The Hall–Kier alpha value is -1.10. The lowest BCUT2D eigenvalue weighted by atomic mass is 9.95. The fraction of sp³-hybridized carbons (Fsp3) is 0.696. The van der Waals surface area contributed by atoms with Crippen LogP contribution in [0.2, 0.25) is 5.02 Å². The number of hydrogen-bond acceptors (Lipinski definition) is 3. The van der Waals surface area contributed by atoms with Crippen LogP contribution in [0.5, 0.6) is 0 Å². The SMILES string of the molecule is CC[C@H]1CCCCN1CCCNC(=O)C1CCN(Cc2ccc(Cl)cc2)CC1. The number of nitrogens with one attached hydrogen (secondary N) is 1. The van der Waals surface area contributed by atoms with Gasteiger partial charge in [0.1, 0.15) is 0 Å². The standard InChI is InChI=1S/C23H36ClN3O/c1-2-22-6-3-4-14-27(22)15-5-13-25-23(28)20-11-16-26(17-12-20)18-19-7-9-21(24)10-8-19/h7-10,20,22H,2-6,11-18H2,1H3,(H,25,28)/t22-/m0/s1. The van der Waals surface area contributed by atoms with Gasteiger partial charge in [-0.2, -0.15) is 0 Å². The Bertz CT molecular complexity index is 598. The van der Waals surface area contributed by atoms with Gasteiger partial charge in [0.2, 0.25) is 5.91 Å². The molecule has 0 unspecified atom stereocenters. The lowest BCUT2D eigenvalue weighted by Crippen LogP contribution is -2.42. The molecule has 3 rings (SSSR count). The first kappa shape index (κ1) is 21.6. The average molecular weight is 406 g/mol. The molecule has 1 N–H and O–H groups in total. The molecule has 0 radical (unpaired) electrons. The summed E-state index contributed by atoms with van der Waals surface area (Å²) in [6, 6.07) is 8.83. The molecule has 0 aliphatic carbocycles. The number of nitrogens with zero attached hydrogens (tertiary/aromatic N) is 2. The van der Waals surface area contributed by atoms with Crippen LogP contribution in [-0.2, 0) is 11.3 Å². The van der Waals surface area contributed by atoms with Crippen LogP contribution in [0.15, 0.2) is 24.3 Å². The summed E-state index contributed by atoms with van der Waals surface area (Å²) < 4.78 is 0. The minimum absolute atomic E-state index is 0.180. The van der Waals surface area contributed by atoms with Crippen molar-refractivity contribution in [3.8, 4) is 0 Å². The van der Waals surface area contributed by atoms with Crippen molar-refractivity contribution >= 4 is 17.5 Å². The number of halogens is 1. The van der Waals surface area contributed by atoms with Crippen LogP contribution in [0.1, 0.15) is 57.4 Å². The third-order valence-corrected chi connectivity index (χ3v) is 6.67. The van der Waals surface area contributed by atoms with Crippen LogP contribution in [-0.4, -0.2) is 54.5 Å². The van der Waals surface area contributed by atoms with E-state index in [-0.39, 0.29) is 11.8 Å². The highest BCUT2D eigenvalue weighted by Crippen LogP contribution is 2.21. The molecule has 156 valence electrons. The topological polar surface area (TPSA) is 35.6 Å². The number of likely N-dealkylation sites (tertiary alicyclic amines) is 2. The van der Waals surface area contributed by atoms with E-state index < -0.39 is 0 Å². The van der Waals surface area contributed by atoms with Gasteiger partial charge in [-0.15, -0.1) is 0 Å². The maximum Gasteiger partial charge on any atom is 0.223 e. The van der Waals surface area contributed by atoms with Crippen molar-refractivity contribution < 1.29 is 4.79 Å². The molecule has 1 aromatic rings. The van der Waals surface area contributed by atoms with Crippen LogP contribution < -0.4 is 5.32 Å². The first-order valence-electron chi connectivity index (χ1n) is 11.1. The third-order valence-electron chi connectivity index (χ3n) is 6.42. The lowest BCUT2D eigenvalue weighted by molar-refractivity contribution is -0.126. The number of carbonyl (C=O) groups excluding carboxylic acids is 1. The third kappa shape index (κ3) is 6.47. The summed E-state index contributed by atoms with van der Waals surface area (Å²) in [4.78, 5) is 17.6. The number of amides is 1. The Morgan fingerprint density at radius 3 is 2.57 bits per heavy atom. The van der Waals surface area contributed by atoms with Gasteiger partial charge in [-0.1, -0.05) is 37.1 Å². The van der Waals surface area contributed by atoms with E-state index in [1.54, 1.807) is 0 Å². The van der Waals surface area contributed by atoms with E-state index in [2.05, 4.69) is 34.2 Å². The number of carbonyl (C=O) groups is 1. The Kier molecular flexibility index (Phi) is 8.63. The second-order valence-electron chi connectivity index (χ2n) is 8.42. The minimum atomic E-state index is 0.180. The molecule has 5 heteroatoms. The van der Waals surface area contributed by atoms with E-state index in [9.17, 15) is 4.79 Å². The molecule has 1 amide bonds. The Balaban J connectivity index is 1.31. The molecule has 0 aromatic heterocycles. The van der Waals surface area contributed by atoms with Crippen LogP contribution in [0, 0.1) is 5.92 Å². The fourth-order valence-electron chi connectivity index (χ4n) is 4.66. The highest BCUT2D eigenvalue weighted by Gasteiger charge is 2.25. The van der Waals surface area contributed by atoms with Gasteiger partial charge in [-0.05, 0) is 75.9 Å². The first-order chi connectivity index (χ1) is 13.7. The van der Waals surface area contributed by atoms with Crippen molar-refractivity contribution in [2.45, 2.75) is 64.5 Å². The molecular formula is C23H36ClN3O. The van der Waals surface area contributed by atoms with Gasteiger partial charge in [0.15, 0.2) is 0 Å². The summed E-state index contributed by atoms with van der Waals surface area (Å²) in [6.45, 7) is 8.40. The van der Waals surface area contributed by atoms with Gasteiger partial charge in [0.25, 0.3) is 0 Å². The van der Waals surface area contributed by atoms with Gasteiger partial charge < -0.3 is 10.2 Å². The molecule has 2 saturated heterocycles. The molecule has 0 bridgehead atoms. The molecule has 1 atom stereocenters. The molecule has 2 aliphatic rings. The maximum absolute atomic E-state index is 12.5. The van der Waals surface area contributed by atoms with Crippen molar-refractivity contribution in [1.82, 2.24) is 15.1 Å². The van der Waals surface area contributed by atoms with Crippen LogP contribution >= 0.6 is 11.6 Å². The molecule has 0 saturated carbocycles. The number of piperidine rings is 2. The Morgan fingerprint density at radius 2 is 1.86 bits per heavy atom. The number of rotatable bonds is 8.